The number of para-hydroxylation sites is 2. The third kappa shape index (κ3) is 10.4. The molecule has 0 aliphatic rings. The average molecular weight is 417 g/mol. The van der Waals surface area contributed by atoms with Crippen LogP contribution in [0.3, 0.4) is 0 Å². The summed E-state index contributed by atoms with van der Waals surface area (Å²) in [5.74, 6) is 1.19. The lowest BCUT2D eigenvalue weighted by molar-refractivity contribution is 0.475. The van der Waals surface area contributed by atoms with E-state index < -0.39 is 0 Å². The molecule has 4 heteroatoms. The van der Waals surface area contributed by atoms with E-state index in [-0.39, 0.29) is 0 Å². The molecule has 0 bridgehead atoms. The van der Waals surface area contributed by atoms with Gasteiger partial charge in [-0.25, -0.2) is 0 Å². The van der Waals surface area contributed by atoms with Gasteiger partial charge in [0.05, 0.1) is 9.47 Å². The van der Waals surface area contributed by atoms with Gasteiger partial charge in [-0.15, -0.1) is 0 Å². The summed E-state index contributed by atoms with van der Waals surface area (Å²) in [6.45, 7) is 1.85. The van der Waals surface area contributed by atoms with Crippen LogP contribution in [0.4, 0.5) is 0 Å². The zero-order chi connectivity index (χ0) is 21.3. The highest BCUT2D eigenvalue weighted by Gasteiger charge is 1.92. The molecular weight excluding hydrogens is 389 g/mol. The maximum Gasteiger partial charge on any atom is 0.122 e. The Morgan fingerprint density at radius 3 is 1.23 bits per heavy atom. The molecular formula is C26H28NO2P. The van der Waals surface area contributed by atoms with E-state index in [0.717, 1.165) is 18.8 Å². The fourth-order valence-electron chi connectivity index (χ4n) is 2.47. The minimum absolute atomic E-state index is 0.322. The van der Waals surface area contributed by atoms with Crippen LogP contribution in [-0.2, 0) is 13.1 Å². The van der Waals surface area contributed by atoms with Crippen LogP contribution < -0.4 is 9.84 Å². The molecule has 1 unspecified atom stereocenters. The first kappa shape index (κ1) is 23.2. The average Bonchev–Trinajstić information content (AvgIpc) is 2.82. The van der Waals surface area contributed by atoms with Gasteiger partial charge in [0.15, 0.2) is 0 Å². The Morgan fingerprint density at radius 2 is 0.933 bits per heavy atom. The molecule has 1 atom stereocenters. The number of phenols is 1. The van der Waals surface area contributed by atoms with Crippen LogP contribution >= 0.6 is 9.47 Å². The largest absolute Gasteiger partial charge is 0.508 e. The van der Waals surface area contributed by atoms with E-state index in [2.05, 4.69) is 63.3 Å². The maximum atomic E-state index is 8.63. The topological polar surface area (TPSA) is 41.5 Å². The number of hydrogen-bond acceptors (Lipinski definition) is 3. The van der Waals surface area contributed by atoms with Crippen molar-refractivity contribution in [3.63, 3.8) is 0 Å². The first-order valence-electron chi connectivity index (χ1n) is 9.72. The van der Waals surface area contributed by atoms with Crippen molar-refractivity contribution < 1.29 is 9.63 Å². The van der Waals surface area contributed by atoms with Gasteiger partial charge in [-0.2, -0.15) is 0 Å². The Balaban J connectivity index is 0.000000179. The fourth-order valence-corrected chi connectivity index (χ4v) is 2.63. The van der Waals surface area contributed by atoms with Crippen LogP contribution in [0.15, 0.2) is 121 Å². The summed E-state index contributed by atoms with van der Waals surface area (Å²) in [7, 11) is 2.19. The highest BCUT2D eigenvalue weighted by molar-refractivity contribution is 7.10. The number of benzene rings is 4. The number of rotatable bonds is 5. The van der Waals surface area contributed by atoms with Gasteiger partial charge < -0.3 is 14.9 Å². The van der Waals surface area contributed by atoms with Crippen LogP contribution in [0.25, 0.3) is 0 Å². The Morgan fingerprint density at radius 1 is 0.567 bits per heavy atom. The lowest BCUT2D eigenvalue weighted by Gasteiger charge is -2.04. The van der Waals surface area contributed by atoms with E-state index >= 15 is 0 Å². The van der Waals surface area contributed by atoms with E-state index in [1.807, 2.05) is 48.5 Å². The summed E-state index contributed by atoms with van der Waals surface area (Å²) in [5, 5.41) is 12.1. The van der Waals surface area contributed by atoms with Crippen LogP contribution in [0.5, 0.6) is 11.5 Å². The predicted octanol–water partition coefficient (Wildman–Crippen LogP) is 6.22. The van der Waals surface area contributed by atoms with E-state index in [0.29, 0.717) is 5.75 Å². The standard InChI is InChI=1S/C14H15N.C6H7OP.C6H6O/c1-3-7-13(8-4-1)11-15-12-14-9-5-2-6-10-14;8-7-6-4-2-1-3-5-6;7-6-4-2-1-3-5-6/h1-10,15H,11-12H2;1-5H,8H2;1-5,7H. The third-order valence-electron chi connectivity index (χ3n) is 3.98. The Labute approximate surface area is 181 Å². The van der Waals surface area contributed by atoms with Crippen molar-refractivity contribution in [3.05, 3.63) is 132 Å². The quantitative estimate of drug-likeness (QED) is 0.379. The molecule has 30 heavy (non-hydrogen) atoms. The minimum atomic E-state index is 0.322. The smallest absolute Gasteiger partial charge is 0.122 e. The van der Waals surface area contributed by atoms with Gasteiger partial charge in [0.2, 0.25) is 0 Å². The molecule has 0 aromatic heterocycles. The molecule has 0 radical (unpaired) electrons. The molecule has 0 fully saturated rings. The second kappa shape index (κ2) is 14.8. The van der Waals surface area contributed by atoms with Gasteiger partial charge in [0, 0.05) is 13.1 Å². The Bertz CT molecular complexity index is 865. The lowest BCUT2D eigenvalue weighted by Crippen LogP contribution is -2.12. The molecule has 0 saturated heterocycles. The summed E-state index contributed by atoms with van der Waals surface area (Å²) in [6, 6.07) is 39.2. The number of phenolic OH excluding ortho intramolecular Hbond substituents is 1. The van der Waals surface area contributed by atoms with Gasteiger partial charge >= 0.3 is 0 Å². The number of aromatic hydroxyl groups is 1. The molecule has 3 nitrogen and oxygen atoms in total. The normalized spacial score (nSPS) is 9.37. The maximum absolute atomic E-state index is 8.63. The van der Waals surface area contributed by atoms with E-state index in [1.54, 1.807) is 24.3 Å². The SMILES string of the molecule is Oc1ccccc1.POc1ccccc1.c1ccc(CNCc2ccccc2)cc1. The second-order valence-corrected chi connectivity index (χ2v) is 6.58. The highest BCUT2D eigenvalue weighted by atomic mass is 31.0. The first-order chi connectivity index (χ1) is 14.8. The third-order valence-corrected chi connectivity index (χ3v) is 4.25. The number of hydrogen-bond donors (Lipinski definition) is 2. The van der Waals surface area contributed by atoms with Crippen molar-refractivity contribution in [2.75, 3.05) is 0 Å². The summed E-state index contributed by atoms with van der Waals surface area (Å²) in [5.41, 5.74) is 2.65. The summed E-state index contributed by atoms with van der Waals surface area (Å²) in [4.78, 5) is 0. The number of nitrogens with one attached hydrogen (secondary N) is 1. The zero-order valence-electron chi connectivity index (χ0n) is 16.9. The lowest BCUT2D eigenvalue weighted by atomic mass is 10.2. The fraction of sp³-hybridized carbons (Fsp3) is 0.0769. The summed E-state index contributed by atoms with van der Waals surface area (Å²) >= 11 is 0. The summed E-state index contributed by atoms with van der Waals surface area (Å²) in [6.07, 6.45) is 0. The zero-order valence-corrected chi connectivity index (χ0v) is 18.0. The van der Waals surface area contributed by atoms with Crippen LogP contribution in [0.1, 0.15) is 11.1 Å². The van der Waals surface area contributed by atoms with Gasteiger partial charge in [0.25, 0.3) is 0 Å². The molecule has 4 rings (SSSR count). The molecule has 0 heterocycles. The molecule has 0 spiro atoms. The first-order valence-corrected chi connectivity index (χ1v) is 10.2. The predicted molar refractivity (Wildman–Crippen MR) is 128 cm³/mol. The monoisotopic (exact) mass is 417 g/mol. The second-order valence-electron chi connectivity index (χ2n) is 6.34. The molecule has 0 amide bonds. The van der Waals surface area contributed by atoms with Gasteiger partial charge in [0.1, 0.15) is 11.5 Å². The van der Waals surface area contributed by atoms with Gasteiger partial charge in [-0.05, 0) is 35.4 Å². The van der Waals surface area contributed by atoms with E-state index in [9.17, 15) is 0 Å². The summed E-state index contributed by atoms with van der Waals surface area (Å²) < 4.78 is 4.83. The molecule has 4 aromatic rings. The van der Waals surface area contributed by atoms with E-state index in [4.69, 9.17) is 9.63 Å². The molecule has 2 N–H and O–H groups in total. The van der Waals surface area contributed by atoms with Crippen molar-refractivity contribution in [1.29, 1.82) is 0 Å². The van der Waals surface area contributed by atoms with E-state index in [1.165, 1.54) is 11.1 Å². The van der Waals surface area contributed by atoms with Crippen molar-refractivity contribution >= 4 is 9.47 Å². The van der Waals surface area contributed by atoms with Crippen LogP contribution in [0.2, 0.25) is 0 Å². The molecule has 0 aliphatic heterocycles. The van der Waals surface area contributed by atoms with Crippen molar-refractivity contribution in [1.82, 2.24) is 5.32 Å². The van der Waals surface area contributed by atoms with Crippen LogP contribution in [-0.4, -0.2) is 5.11 Å². The van der Waals surface area contributed by atoms with Crippen LogP contribution in [0, 0.1) is 0 Å². The minimum Gasteiger partial charge on any atom is -0.508 e. The Hall–Kier alpha value is -3.13. The van der Waals surface area contributed by atoms with Crippen molar-refractivity contribution in [3.8, 4) is 11.5 Å². The molecule has 4 aromatic carbocycles. The van der Waals surface area contributed by atoms with Crippen molar-refractivity contribution in [2.24, 2.45) is 0 Å². The van der Waals surface area contributed by atoms with Gasteiger partial charge in [-0.3, -0.25) is 0 Å². The van der Waals surface area contributed by atoms with Gasteiger partial charge in [-0.1, -0.05) is 97.1 Å². The van der Waals surface area contributed by atoms with Crippen molar-refractivity contribution in [2.45, 2.75) is 13.1 Å². The highest BCUT2D eigenvalue weighted by Crippen LogP contribution is 2.10. The molecule has 154 valence electrons. The molecule has 0 saturated carbocycles. The Kier molecular flexibility index (Phi) is 11.4. The molecule has 0 aliphatic carbocycles.